The van der Waals surface area contributed by atoms with Crippen molar-refractivity contribution < 1.29 is 14.3 Å². The number of hydrogen-bond acceptors (Lipinski definition) is 5. The molecule has 1 atom stereocenters. The molecule has 0 radical (unpaired) electrons. The zero-order chi connectivity index (χ0) is 21.9. The molecule has 5 rings (SSSR count). The molecule has 170 valence electrons. The smallest absolute Gasteiger partial charge is 0.236 e. The molecule has 2 saturated heterocycles. The number of aryl methyl sites for hydroxylation is 1. The van der Waals surface area contributed by atoms with Crippen LogP contribution in [0.25, 0.3) is 0 Å². The van der Waals surface area contributed by atoms with Crippen LogP contribution in [-0.2, 0) is 4.79 Å². The summed E-state index contributed by atoms with van der Waals surface area (Å²) in [6.07, 6.45) is 3.10. The van der Waals surface area contributed by atoms with Crippen LogP contribution in [0.5, 0.6) is 11.5 Å². The summed E-state index contributed by atoms with van der Waals surface area (Å²) in [7, 11) is 0. The van der Waals surface area contributed by atoms with E-state index in [0.717, 1.165) is 63.5 Å². The summed E-state index contributed by atoms with van der Waals surface area (Å²) in [5.74, 6) is 1.92. The Morgan fingerprint density at radius 3 is 2.56 bits per heavy atom. The molecule has 0 spiro atoms. The van der Waals surface area contributed by atoms with Crippen molar-refractivity contribution in [2.24, 2.45) is 0 Å². The number of hydrogen-bond donors (Lipinski definition) is 0. The second kappa shape index (κ2) is 9.41. The molecule has 6 nitrogen and oxygen atoms in total. The quantitative estimate of drug-likeness (QED) is 0.734. The fraction of sp³-hybridized carbons (Fsp3) is 0.500. The Bertz CT molecular complexity index is 955. The molecule has 32 heavy (non-hydrogen) atoms. The highest BCUT2D eigenvalue weighted by atomic mass is 16.5. The summed E-state index contributed by atoms with van der Waals surface area (Å²) < 4.78 is 11.7. The highest BCUT2D eigenvalue weighted by Crippen LogP contribution is 2.37. The van der Waals surface area contributed by atoms with Gasteiger partial charge in [0.25, 0.3) is 0 Å². The summed E-state index contributed by atoms with van der Waals surface area (Å²) in [6, 6.07) is 15.2. The first-order valence-electron chi connectivity index (χ1n) is 11.9. The van der Waals surface area contributed by atoms with Gasteiger partial charge in [0.2, 0.25) is 5.91 Å². The summed E-state index contributed by atoms with van der Waals surface area (Å²) in [5.41, 5.74) is 3.76. The Morgan fingerprint density at radius 2 is 1.75 bits per heavy atom. The number of benzene rings is 2. The lowest BCUT2D eigenvalue weighted by Gasteiger charge is -2.37. The Kier molecular flexibility index (Phi) is 6.21. The van der Waals surface area contributed by atoms with E-state index in [2.05, 4.69) is 53.1 Å². The maximum Gasteiger partial charge on any atom is 0.236 e. The van der Waals surface area contributed by atoms with Crippen molar-refractivity contribution in [2.75, 3.05) is 57.4 Å². The van der Waals surface area contributed by atoms with Gasteiger partial charge in [-0.25, -0.2) is 0 Å². The van der Waals surface area contributed by atoms with Gasteiger partial charge in [0.15, 0.2) is 11.5 Å². The number of carbonyl (C=O) groups excluding carboxylic acids is 1. The molecule has 0 N–H and O–H groups in total. The lowest BCUT2D eigenvalue weighted by Crippen LogP contribution is -2.51. The SMILES string of the molecule is Cc1cccc(N2CCN(C(=O)CN3CCC[C@H]3c3ccc4c(c3)OCCCO4)CC2)c1. The van der Waals surface area contributed by atoms with Crippen LogP contribution in [-0.4, -0.2) is 68.2 Å². The summed E-state index contributed by atoms with van der Waals surface area (Å²) in [5, 5.41) is 0. The second-order valence-corrected chi connectivity index (χ2v) is 9.09. The van der Waals surface area contributed by atoms with Gasteiger partial charge in [-0.2, -0.15) is 0 Å². The number of anilines is 1. The number of piperazine rings is 1. The average molecular weight is 436 g/mol. The molecule has 6 heteroatoms. The Hall–Kier alpha value is -2.73. The van der Waals surface area contributed by atoms with Gasteiger partial charge in [-0.3, -0.25) is 9.69 Å². The zero-order valence-electron chi connectivity index (χ0n) is 19.0. The van der Waals surface area contributed by atoms with Crippen LogP contribution in [0.3, 0.4) is 0 Å². The van der Waals surface area contributed by atoms with Gasteiger partial charge in [0.1, 0.15) is 0 Å². The van der Waals surface area contributed by atoms with Gasteiger partial charge in [-0.15, -0.1) is 0 Å². The van der Waals surface area contributed by atoms with Crippen molar-refractivity contribution in [3.63, 3.8) is 0 Å². The highest BCUT2D eigenvalue weighted by molar-refractivity contribution is 5.78. The molecule has 1 amide bonds. The zero-order valence-corrected chi connectivity index (χ0v) is 19.0. The van der Waals surface area contributed by atoms with E-state index in [1.165, 1.54) is 16.8 Å². The molecule has 0 aliphatic carbocycles. The van der Waals surface area contributed by atoms with Gasteiger partial charge in [0, 0.05) is 44.3 Å². The van der Waals surface area contributed by atoms with Crippen molar-refractivity contribution in [1.29, 1.82) is 0 Å². The Balaban J connectivity index is 1.20. The van der Waals surface area contributed by atoms with Crippen LogP contribution in [0.1, 0.15) is 36.4 Å². The van der Waals surface area contributed by atoms with Crippen LogP contribution < -0.4 is 14.4 Å². The summed E-state index contributed by atoms with van der Waals surface area (Å²) in [4.78, 5) is 19.9. The average Bonchev–Trinajstić information content (AvgIpc) is 3.14. The Labute approximate surface area is 190 Å². The lowest BCUT2D eigenvalue weighted by atomic mass is 10.0. The minimum atomic E-state index is 0.245. The van der Waals surface area contributed by atoms with Crippen LogP contribution in [0, 0.1) is 6.92 Å². The molecule has 0 saturated carbocycles. The third kappa shape index (κ3) is 4.56. The minimum Gasteiger partial charge on any atom is -0.490 e. The molecular formula is C26H33N3O3. The fourth-order valence-electron chi connectivity index (χ4n) is 5.09. The third-order valence-corrected chi connectivity index (χ3v) is 6.86. The van der Waals surface area contributed by atoms with E-state index in [1.807, 2.05) is 11.0 Å². The number of carbonyl (C=O) groups is 1. The van der Waals surface area contributed by atoms with Gasteiger partial charge in [0.05, 0.1) is 19.8 Å². The van der Waals surface area contributed by atoms with Crippen molar-refractivity contribution in [1.82, 2.24) is 9.80 Å². The number of likely N-dealkylation sites (tertiary alicyclic amines) is 1. The first-order valence-corrected chi connectivity index (χ1v) is 11.9. The van der Waals surface area contributed by atoms with Gasteiger partial charge < -0.3 is 19.3 Å². The molecule has 0 aromatic heterocycles. The van der Waals surface area contributed by atoms with E-state index in [1.54, 1.807) is 0 Å². The van der Waals surface area contributed by atoms with E-state index < -0.39 is 0 Å². The van der Waals surface area contributed by atoms with E-state index in [9.17, 15) is 4.79 Å². The largest absolute Gasteiger partial charge is 0.490 e. The van der Waals surface area contributed by atoms with Crippen molar-refractivity contribution in [2.45, 2.75) is 32.2 Å². The maximum absolute atomic E-state index is 13.1. The molecule has 0 bridgehead atoms. The predicted molar refractivity (Wildman–Crippen MR) is 126 cm³/mol. The topological polar surface area (TPSA) is 45.2 Å². The van der Waals surface area contributed by atoms with Crippen molar-refractivity contribution in [3.8, 4) is 11.5 Å². The molecule has 2 aromatic carbocycles. The van der Waals surface area contributed by atoms with Crippen LogP contribution >= 0.6 is 0 Å². The Morgan fingerprint density at radius 1 is 0.938 bits per heavy atom. The first kappa shape index (κ1) is 21.1. The molecule has 3 heterocycles. The summed E-state index contributed by atoms with van der Waals surface area (Å²) in [6.45, 7) is 8.33. The second-order valence-electron chi connectivity index (χ2n) is 9.09. The monoisotopic (exact) mass is 435 g/mol. The number of nitrogens with zero attached hydrogens (tertiary/aromatic N) is 3. The lowest BCUT2D eigenvalue weighted by molar-refractivity contribution is -0.133. The normalized spacial score (nSPS) is 21.5. The number of rotatable bonds is 4. The summed E-state index contributed by atoms with van der Waals surface area (Å²) >= 11 is 0. The molecule has 3 aliphatic rings. The standard InChI is InChI=1S/C26H33N3O3/c1-20-5-2-6-22(17-20)27-11-13-28(14-12-27)26(30)19-29-10-3-7-23(29)21-8-9-24-25(18-21)32-16-4-15-31-24/h2,5-6,8-9,17-18,23H,3-4,7,10-16,19H2,1H3/t23-/m0/s1. The minimum absolute atomic E-state index is 0.245. The van der Waals surface area contributed by atoms with Gasteiger partial charge in [-0.1, -0.05) is 18.2 Å². The van der Waals surface area contributed by atoms with Crippen molar-refractivity contribution in [3.05, 3.63) is 53.6 Å². The van der Waals surface area contributed by atoms with E-state index >= 15 is 0 Å². The first-order chi connectivity index (χ1) is 15.7. The van der Waals surface area contributed by atoms with Crippen LogP contribution in [0.2, 0.25) is 0 Å². The molecular weight excluding hydrogens is 402 g/mol. The van der Waals surface area contributed by atoms with Crippen LogP contribution in [0.15, 0.2) is 42.5 Å². The van der Waals surface area contributed by atoms with E-state index in [4.69, 9.17) is 9.47 Å². The third-order valence-electron chi connectivity index (χ3n) is 6.86. The van der Waals surface area contributed by atoms with E-state index in [0.29, 0.717) is 19.8 Å². The maximum atomic E-state index is 13.1. The molecule has 2 fully saturated rings. The fourth-order valence-corrected chi connectivity index (χ4v) is 5.09. The van der Waals surface area contributed by atoms with Gasteiger partial charge in [-0.05, 0) is 61.7 Å². The number of amides is 1. The van der Waals surface area contributed by atoms with E-state index in [-0.39, 0.29) is 11.9 Å². The predicted octanol–water partition coefficient (Wildman–Crippen LogP) is 3.64. The van der Waals surface area contributed by atoms with Gasteiger partial charge >= 0.3 is 0 Å². The molecule has 3 aliphatic heterocycles. The molecule has 2 aromatic rings. The van der Waals surface area contributed by atoms with Crippen molar-refractivity contribution >= 4 is 11.6 Å². The highest BCUT2D eigenvalue weighted by Gasteiger charge is 2.31. The number of fused-ring (bicyclic) bond motifs is 1. The molecule has 0 unspecified atom stereocenters. The van der Waals surface area contributed by atoms with Crippen LogP contribution in [0.4, 0.5) is 5.69 Å². The number of ether oxygens (including phenoxy) is 2.